The maximum atomic E-state index is 13.0. The van der Waals surface area contributed by atoms with E-state index in [0.29, 0.717) is 13.1 Å². The Bertz CT molecular complexity index is 619. The summed E-state index contributed by atoms with van der Waals surface area (Å²) in [7, 11) is -1.88. The average Bonchev–Trinajstić information content (AvgIpc) is 2.61. The Morgan fingerprint density at radius 1 is 1.12 bits per heavy atom. The maximum Gasteiger partial charge on any atom is 0.226 e. The van der Waals surface area contributed by atoms with E-state index in [1.54, 1.807) is 0 Å². The number of rotatable bonds is 4. The summed E-state index contributed by atoms with van der Waals surface area (Å²) in [6.45, 7) is 14.7. The topological polar surface area (TPSA) is 29.5 Å². The van der Waals surface area contributed by atoms with Crippen molar-refractivity contribution in [3.8, 4) is 0 Å². The fraction of sp³-hybridized carbons (Fsp3) is 0.591. The van der Waals surface area contributed by atoms with Crippen LogP contribution in [0.3, 0.4) is 0 Å². The number of hydrogen-bond donors (Lipinski definition) is 0. The zero-order valence-corrected chi connectivity index (χ0v) is 18.3. The molecular formula is C22H35NO2Si. The molecule has 0 radical (unpaired) electrons. The van der Waals surface area contributed by atoms with E-state index in [-0.39, 0.29) is 23.0 Å². The number of nitrogens with zero attached hydrogens (tertiary/aromatic N) is 1. The van der Waals surface area contributed by atoms with Crippen molar-refractivity contribution >= 4 is 14.2 Å². The van der Waals surface area contributed by atoms with Crippen molar-refractivity contribution in [1.29, 1.82) is 0 Å². The predicted octanol–water partition coefficient (Wildman–Crippen LogP) is 5.39. The molecule has 0 N–H and O–H groups in total. The van der Waals surface area contributed by atoms with E-state index in [1.807, 2.05) is 30.0 Å². The Morgan fingerprint density at radius 2 is 1.73 bits per heavy atom. The van der Waals surface area contributed by atoms with E-state index in [0.717, 1.165) is 12.8 Å². The highest BCUT2D eigenvalue weighted by atomic mass is 28.4. The van der Waals surface area contributed by atoms with Crippen LogP contribution in [0.15, 0.2) is 42.5 Å². The van der Waals surface area contributed by atoms with Gasteiger partial charge in [0, 0.05) is 19.0 Å². The van der Waals surface area contributed by atoms with Gasteiger partial charge in [0.15, 0.2) is 8.32 Å². The molecule has 3 nitrogen and oxygen atoms in total. The summed E-state index contributed by atoms with van der Waals surface area (Å²) in [5, 5.41) is 0.163. The average molecular weight is 374 g/mol. The Balaban J connectivity index is 2.21. The SMILES string of the molecule is C[C@H]1C/C=C/C[C@@H](O[Si](C)(C)C(C)(C)C)CN(Cc2ccccc2)C1=O. The van der Waals surface area contributed by atoms with Crippen LogP contribution in [0.4, 0.5) is 0 Å². The first kappa shape index (κ1) is 20.9. The Morgan fingerprint density at radius 3 is 2.35 bits per heavy atom. The minimum absolute atomic E-state index is 0.0154. The van der Waals surface area contributed by atoms with Crippen molar-refractivity contribution in [2.24, 2.45) is 5.92 Å². The third kappa shape index (κ3) is 5.55. The van der Waals surface area contributed by atoms with Gasteiger partial charge in [-0.15, -0.1) is 0 Å². The third-order valence-electron chi connectivity index (χ3n) is 5.70. The summed E-state index contributed by atoms with van der Waals surface area (Å²) >= 11 is 0. The highest BCUT2D eigenvalue weighted by molar-refractivity contribution is 6.74. The number of hydrogen-bond acceptors (Lipinski definition) is 2. The Hall–Kier alpha value is -1.39. The molecule has 0 spiro atoms. The van der Waals surface area contributed by atoms with Crippen LogP contribution in [0.25, 0.3) is 0 Å². The lowest BCUT2D eigenvalue weighted by Gasteiger charge is -2.40. The second-order valence-electron chi connectivity index (χ2n) is 9.05. The van der Waals surface area contributed by atoms with E-state index >= 15 is 0 Å². The second-order valence-corrected chi connectivity index (χ2v) is 13.8. The molecule has 1 aromatic carbocycles. The van der Waals surface area contributed by atoms with E-state index in [9.17, 15) is 4.79 Å². The summed E-state index contributed by atoms with van der Waals surface area (Å²) in [6.07, 6.45) is 6.09. The highest BCUT2D eigenvalue weighted by Crippen LogP contribution is 2.38. The number of amides is 1. The van der Waals surface area contributed by atoms with Gasteiger partial charge in [0.25, 0.3) is 0 Å². The van der Waals surface area contributed by atoms with Crippen LogP contribution in [0.2, 0.25) is 18.1 Å². The van der Waals surface area contributed by atoms with Crippen molar-refractivity contribution in [3.05, 3.63) is 48.0 Å². The van der Waals surface area contributed by atoms with Gasteiger partial charge in [-0.1, -0.05) is 70.2 Å². The number of allylic oxidation sites excluding steroid dienone is 1. The summed E-state index contributed by atoms with van der Waals surface area (Å²) in [5.74, 6) is 0.241. The van der Waals surface area contributed by atoms with Crippen molar-refractivity contribution in [3.63, 3.8) is 0 Å². The summed E-state index contributed by atoms with van der Waals surface area (Å²) in [4.78, 5) is 15.0. The van der Waals surface area contributed by atoms with Gasteiger partial charge in [-0.05, 0) is 36.5 Å². The molecule has 0 unspecified atom stereocenters. The number of carbonyl (C=O) groups excluding carboxylic acids is 1. The molecule has 1 aromatic rings. The lowest BCUT2D eigenvalue weighted by Crippen LogP contribution is -2.48. The molecule has 0 aliphatic carbocycles. The minimum Gasteiger partial charge on any atom is -0.412 e. The molecule has 26 heavy (non-hydrogen) atoms. The molecule has 0 saturated heterocycles. The maximum absolute atomic E-state index is 13.0. The number of carbonyl (C=O) groups is 1. The van der Waals surface area contributed by atoms with Crippen LogP contribution in [-0.4, -0.2) is 31.8 Å². The quantitative estimate of drug-likeness (QED) is 0.523. The summed E-state index contributed by atoms with van der Waals surface area (Å²) < 4.78 is 6.68. The van der Waals surface area contributed by atoms with Crippen LogP contribution in [0.5, 0.6) is 0 Å². The lowest BCUT2D eigenvalue weighted by atomic mass is 10.1. The fourth-order valence-electron chi connectivity index (χ4n) is 3.00. The predicted molar refractivity (Wildman–Crippen MR) is 111 cm³/mol. The monoisotopic (exact) mass is 373 g/mol. The van der Waals surface area contributed by atoms with Gasteiger partial charge in [-0.3, -0.25) is 4.79 Å². The van der Waals surface area contributed by atoms with Gasteiger partial charge >= 0.3 is 0 Å². The zero-order chi connectivity index (χ0) is 19.4. The van der Waals surface area contributed by atoms with Crippen molar-refractivity contribution in [2.75, 3.05) is 6.54 Å². The molecule has 1 amide bonds. The lowest BCUT2D eigenvalue weighted by molar-refractivity contribution is -0.136. The molecule has 0 aromatic heterocycles. The van der Waals surface area contributed by atoms with Crippen LogP contribution < -0.4 is 0 Å². The number of benzene rings is 1. The molecule has 1 heterocycles. The second kappa shape index (κ2) is 8.53. The van der Waals surface area contributed by atoms with Crippen LogP contribution in [0, 0.1) is 5.92 Å². The molecular weight excluding hydrogens is 338 g/mol. The van der Waals surface area contributed by atoms with E-state index < -0.39 is 8.32 Å². The first-order chi connectivity index (χ1) is 12.1. The summed E-state index contributed by atoms with van der Waals surface area (Å²) in [6, 6.07) is 10.3. The van der Waals surface area contributed by atoms with Crippen LogP contribution >= 0.6 is 0 Å². The van der Waals surface area contributed by atoms with Crippen molar-refractivity contribution in [1.82, 2.24) is 4.90 Å². The molecule has 1 aliphatic heterocycles. The fourth-order valence-corrected chi connectivity index (χ4v) is 4.35. The van der Waals surface area contributed by atoms with Gasteiger partial charge < -0.3 is 9.33 Å². The van der Waals surface area contributed by atoms with E-state index in [1.165, 1.54) is 5.56 Å². The molecule has 0 fully saturated rings. The molecule has 4 heteroatoms. The molecule has 1 aliphatic rings. The van der Waals surface area contributed by atoms with Crippen molar-refractivity contribution in [2.45, 2.75) is 71.3 Å². The van der Waals surface area contributed by atoms with Crippen LogP contribution in [0.1, 0.15) is 46.1 Å². The molecule has 144 valence electrons. The molecule has 2 atom stereocenters. The highest BCUT2D eigenvalue weighted by Gasteiger charge is 2.39. The van der Waals surface area contributed by atoms with Gasteiger partial charge in [0.1, 0.15) is 0 Å². The standard InChI is InChI=1S/C22H35NO2Si/c1-18-12-10-11-15-20(25-26(5,6)22(2,3)4)17-23(21(18)24)16-19-13-8-7-9-14-19/h7-11,13-14,18,20H,12,15-17H2,1-6H3/b11-10+/t18-,20+/m0/s1. The summed E-state index contributed by atoms with van der Waals surface area (Å²) in [5.41, 5.74) is 1.17. The molecule has 0 bridgehead atoms. The normalized spacial score (nSPS) is 23.9. The van der Waals surface area contributed by atoms with E-state index in [2.05, 4.69) is 58.2 Å². The van der Waals surface area contributed by atoms with Crippen LogP contribution in [-0.2, 0) is 15.8 Å². The third-order valence-corrected chi connectivity index (χ3v) is 10.2. The van der Waals surface area contributed by atoms with E-state index in [4.69, 9.17) is 4.43 Å². The zero-order valence-electron chi connectivity index (χ0n) is 17.3. The smallest absolute Gasteiger partial charge is 0.226 e. The first-order valence-corrected chi connectivity index (χ1v) is 12.7. The molecule has 2 rings (SSSR count). The largest absolute Gasteiger partial charge is 0.412 e. The Kier molecular flexibility index (Phi) is 6.86. The van der Waals surface area contributed by atoms with Gasteiger partial charge in [0.2, 0.25) is 5.91 Å². The van der Waals surface area contributed by atoms with Gasteiger partial charge in [-0.2, -0.15) is 0 Å². The van der Waals surface area contributed by atoms with Gasteiger partial charge in [-0.25, -0.2) is 0 Å². The minimum atomic E-state index is -1.88. The van der Waals surface area contributed by atoms with Gasteiger partial charge in [0.05, 0.1) is 6.10 Å². The molecule has 0 saturated carbocycles. The van der Waals surface area contributed by atoms with Crippen molar-refractivity contribution < 1.29 is 9.22 Å². The first-order valence-electron chi connectivity index (χ1n) is 9.75. The Labute approximate surface area is 160 Å².